The number of benzene rings is 1. The minimum absolute atomic E-state index is 0.0114. The van der Waals surface area contributed by atoms with E-state index in [4.69, 9.17) is 4.42 Å². The van der Waals surface area contributed by atoms with Crippen LogP contribution in [0.4, 0.5) is 4.39 Å². The number of amides is 1. The lowest BCUT2D eigenvalue weighted by molar-refractivity contribution is -0.118. The van der Waals surface area contributed by atoms with Gasteiger partial charge in [-0.3, -0.25) is 4.79 Å². The topological polar surface area (TPSA) is 102 Å². The minimum Gasteiger partial charge on any atom is -0.416 e. The van der Waals surface area contributed by atoms with E-state index in [1.807, 2.05) is 0 Å². The quantitative estimate of drug-likeness (QED) is 0.706. The van der Waals surface area contributed by atoms with Crippen LogP contribution < -0.4 is 5.32 Å². The van der Waals surface area contributed by atoms with Gasteiger partial charge in [0.2, 0.25) is 11.8 Å². The van der Waals surface area contributed by atoms with Gasteiger partial charge in [0.05, 0.1) is 17.3 Å². The molecule has 0 unspecified atom stereocenters. The van der Waals surface area contributed by atoms with E-state index in [9.17, 15) is 17.6 Å². The maximum absolute atomic E-state index is 12.8. The van der Waals surface area contributed by atoms with Crippen molar-refractivity contribution >= 4 is 27.5 Å². The minimum atomic E-state index is -2.93. The van der Waals surface area contributed by atoms with Crippen LogP contribution in [0.3, 0.4) is 0 Å². The fraction of sp³-hybridized carbons (Fsp3) is 0.438. The largest absolute Gasteiger partial charge is 0.416 e. The van der Waals surface area contributed by atoms with Gasteiger partial charge in [0.1, 0.15) is 5.82 Å². The third kappa shape index (κ3) is 5.53. The Bertz CT molecular complexity index is 868. The molecule has 1 amide bonds. The van der Waals surface area contributed by atoms with E-state index in [0.29, 0.717) is 25.3 Å². The molecule has 1 aromatic carbocycles. The Morgan fingerprint density at radius 2 is 2.08 bits per heavy atom. The van der Waals surface area contributed by atoms with Gasteiger partial charge in [-0.2, -0.15) is 0 Å². The Balaban J connectivity index is 1.41. The third-order valence-corrected chi connectivity index (χ3v) is 6.62. The molecule has 1 atom stereocenters. The first-order chi connectivity index (χ1) is 12.4. The number of halogens is 1. The molecule has 0 aliphatic carbocycles. The molecule has 0 bridgehead atoms. The molecular formula is C16H18FN3O4S2. The average molecular weight is 399 g/mol. The summed E-state index contributed by atoms with van der Waals surface area (Å²) in [7, 11) is -2.93. The van der Waals surface area contributed by atoms with Crippen LogP contribution in [-0.4, -0.2) is 41.8 Å². The fourth-order valence-electron chi connectivity index (χ4n) is 2.64. The standard InChI is InChI=1S/C16H18FN3O4S2/c17-13-3-1-11(2-4-13)8-18-14(21)9-25-16-20-19-15(24-16)7-12-5-6-26(22,23)10-12/h1-4,12H,5-10H2,(H,18,21)/t12-/m0/s1. The summed E-state index contributed by atoms with van der Waals surface area (Å²) >= 11 is 1.11. The first kappa shape index (κ1) is 18.8. The predicted molar refractivity (Wildman–Crippen MR) is 93.7 cm³/mol. The van der Waals surface area contributed by atoms with Crippen LogP contribution in [0, 0.1) is 11.7 Å². The molecule has 140 valence electrons. The number of thioether (sulfide) groups is 1. The highest BCUT2D eigenvalue weighted by molar-refractivity contribution is 7.99. The van der Waals surface area contributed by atoms with E-state index in [-0.39, 0.29) is 40.1 Å². The van der Waals surface area contributed by atoms with Gasteiger partial charge in [0.15, 0.2) is 9.84 Å². The number of hydrogen-bond donors (Lipinski definition) is 1. The van der Waals surface area contributed by atoms with E-state index in [1.54, 1.807) is 12.1 Å². The number of carbonyl (C=O) groups excluding carboxylic acids is 1. The number of nitrogens with zero attached hydrogens (tertiary/aromatic N) is 2. The molecule has 2 heterocycles. The third-order valence-electron chi connectivity index (χ3n) is 3.97. The molecule has 1 aliphatic heterocycles. The summed E-state index contributed by atoms with van der Waals surface area (Å²) in [6.07, 6.45) is 1.04. The van der Waals surface area contributed by atoms with Crippen LogP contribution in [0.5, 0.6) is 0 Å². The number of rotatable bonds is 7. The summed E-state index contributed by atoms with van der Waals surface area (Å²) in [4.78, 5) is 11.9. The molecule has 2 aromatic rings. The van der Waals surface area contributed by atoms with E-state index in [2.05, 4.69) is 15.5 Å². The SMILES string of the molecule is O=C(CSc1nnc(C[C@@H]2CCS(=O)(=O)C2)o1)NCc1ccc(F)cc1. The van der Waals surface area contributed by atoms with E-state index in [1.165, 1.54) is 12.1 Å². The Labute approximate surface area is 154 Å². The van der Waals surface area contributed by atoms with Crippen molar-refractivity contribution < 1.29 is 22.0 Å². The molecule has 1 aromatic heterocycles. The van der Waals surface area contributed by atoms with Gasteiger partial charge < -0.3 is 9.73 Å². The molecule has 0 radical (unpaired) electrons. The smallest absolute Gasteiger partial charge is 0.277 e. The van der Waals surface area contributed by atoms with Crippen molar-refractivity contribution in [3.8, 4) is 0 Å². The lowest BCUT2D eigenvalue weighted by atomic mass is 10.1. The molecule has 7 nitrogen and oxygen atoms in total. The Morgan fingerprint density at radius 3 is 2.77 bits per heavy atom. The maximum Gasteiger partial charge on any atom is 0.277 e. The van der Waals surface area contributed by atoms with Crippen molar-refractivity contribution in [1.29, 1.82) is 0 Å². The van der Waals surface area contributed by atoms with Crippen molar-refractivity contribution in [2.45, 2.75) is 24.6 Å². The zero-order chi connectivity index (χ0) is 18.6. The van der Waals surface area contributed by atoms with E-state index >= 15 is 0 Å². The predicted octanol–water partition coefficient (Wildman–Crippen LogP) is 1.59. The van der Waals surface area contributed by atoms with Crippen molar-refractivity contribution in [1.82, 2.24) is 15.5 Å². The molecule has 26 heavy (non-hydrogen) atoms. The molecule has 10 heteroatoms. The van der Waals surface area contributed by atoms with Crippen LogP contribution in [0.15, 0.2) is 33.9 Å². The molecule has 0 saturated carbocycles. The maximum atomic E-state index is 12.8. The van der Waals surface area contributed by atoms with Crippen LogP contribution in [0.2, 0.25) is 0 Å². The lowest BCUT2D eigenvalue weighted by Gasteiger charge is -2.04. The zero-order valence-electron chi connectivity index (χ0n) is 13.9. The van der Waals surface area contributed by atoms with Crippen molar-refractivity contribution in [3.05, 3.63) is 41.5 Å². The van der Waals surface area contributed by atoms with Crippen LogP contribution in [-0.2, 0) is 27.6 Å². The summed E-state index contributed by atoms with van der Waals surface area (Å²) in [6.45, 7) is 0.310. The monoisotopic (exact) mass is 399 g/mol. The number of sulfone groups is 1. The number of aromatic nitrogens is 2. The van der Waals surface area contributed by atoms with Gasteiger partial charge in [0, 0.05) is 13.0 Å². The van der Waals surface area contributed by atoms with Crippen LogP contribution in [0.25, 0.3) is 0 Å². The molecular weight excluding hydrogens is 381 g/mol. The molecule has 1 N–H and O–H groups in total. The highest BCUT2D eigenvalue weighted by atomic mass is 32.2. The number of hydrogen-bond acceptors (Lipinski definition) is 7. The molecule has 1 aliphatic rings. The molecule has 1 fully saturated rings. The first-order valence-corrected chi connectivity index (χ1v) is 10.9. The van der Waals surface area contributed by atoms with Gasteiger partial charge >= 0.3 is 0 Å². The highest BCUT2D eigenvalue weighted by Crippen LogP contribution is 2.23. The van der Waals surface area contributed by atoms with Gasteiger partial charge in [-0.15, -0.1) is 10.2 Å². The van der Waals surface area contributed by atoms with Crippen molar-refractivity contribution in [3.63, 3.8) is 0 Å². The average Bonchev–Trinajstić information content (AvgIpc) is 3.18. The molecule has 0 spiro atoms. The molecule has 1 saturated heterocycles. The van der Waals surface area contributed by atoms with Gasteiger partial charge in [-0.25, -0.2) is 12.8 Å². The Morgan fingerprint density at radius 1 is 1.31 bits per heavy atom. The highest BCUT2D eigenvalue weighted by Gasteiger charge is 2.29. The van der Waals surface area contributed by atoms with E-state index < -0.39 is 9.84 Å². The summed E-state index contributed by atoms with van der Waals surface area (Å²) < 4.78 is 41.2. The summed E-state index contributed by atoms with van der Waals surface area (Å²) in [6, 6.07) is 5.89. The summed E-state index contributed by atoms with van der Waals surface area (Å²) in [5, 5.41) is 10.8. The van der Waals surface area contributed by atoms with Crippen LogP contribution >= 0.6 is 11.8 Å². The van der Waals surface area contributed by atoms with Crippen molar-refractivity contribution in [2.75, 3.05) is 17.3 Å². The van der Waals surface area contributed by atoms with Gasteiger partial charge in [-0.05, 0) is 30.0 Å². The summed E-state index contributed by atoms with van der Waals surface area (Å²) in [5.41, 5.74) is 0.802. The Kier molecular flexibility index (Phi) is 5.92. The Hall–Kier alpha value is -1.94. The van der Waals surface area contributed by atoms with E-state index in [0.717, 1.165) is 17.3 Å². The fourth-order valence-corrected chi connectivity index (χ4v) is 5.11. The van der Waals surface area contributed by atoms with Gasteiger partial charge in [-0.1, -0.05) is 23.9 Å². The second-order valence-electron chi connectivity index (χ2n) is 6.13. The number of nitrogens with one attached hydrogen (secondary N) is 1. The zero-order valence-corrected chi connectivity index (χ0v) is 15.5. The van der Waals surface area contributed by atoms with Gasteiger partial charge in [0.25, 0.3) is 5.22 Å². The van der Waals surface area contributed by atoms with Crippen molar-refractivity contribution in [2.24, 2.45) is 5.92 Å². The van der Waals surface area contributed by atoms with Crippen LogP contribution in [0.1, 0.15) is 17.9 Å². The second kappa shape index (κ2) is 8.17. The summed E-state index contributed by atoms with van der Waals surface area (Å²) in [5.74, 6) is 0.351. The lowest BCUT2D eigenvalue weighted by Crippen LogP contribution is -2.24. The second-order valence-corrected chi connectivity index (χ2v) is 9.28. The normalized spacial score (nSPS) is 18.7. The number of carbonyl (C=O) groups is 1. The first-order valence-electron chi connectivity index (χ1n) is 8.06. The molecule has 3 rings (SSSR count).